The van der Waals surface area contributed by atoms with Crippen LogP contribution in [0.3, 0.4) is 0 Å². The molecule has 0 bridgehead atoms. The molecule has 0 aliphatic rings. The van der Waals surface area contributed by atoms with E-state index in [1.165, 1.54) is 20.0 Å². The maximum Gasteiger partial charge on any atom is 0.354 e. The second-order valence-corrected chi connectivity index (χ2v) is 4.87. The van der Waals surface area contributed by atoms with E-state index in [0.717, 1.165) is 29.9 Å². The van der Waals surface area contributed by atoms with Crippen LogP contribution < -0.4 is 4.74 Å². The summed E-state index contributed by atoms with van der Waals surface area (Å²) in [7, 11) is 1.37. The molecule has 1 N–H and O–H groups in total. The molecule has 0 saturated heterocycles. The quantitative estimate of drug-likeness (QED) is 0.617. The fourth-order valence-electron chi connectivity index (χ4n) is 2.07. The molecule has 0 saturated carbocycles. The maximum atomic E-state index is 11.4. The third kappa shape index (κ3) is 4.12. The lowest BCUT2D eigenvalue weighted by molar-refractivity contribution is 0.0595. The molecule has 1 heterocycles. The molecule has 0 radical (unpaired) electrons. The minimum atomic E-state index is -0.364. The van der Waals surface area contributed by atoms with Crippen molar-refractivity contribution in [2.45, 2.75) is 26.2 Å². The van der Waals surface area contributed by atoms with Crippen molar-refractivity contribution in [3.8, 4) is 16.9 Å². The van der Waals surface area contributed by atoms with Gasteiger partial charge in [-0.2, -0.15) is 0 Å². The number of aromatic amines is 1. The summed E-state index contributed by atoms with van der Waals surface area (Å²) in [4.78, 5) is 14.3. The first-order valence-electron chi connectivity index (χ1n) is 7.24. The number of unbranched alkanes of at least 4 members (excludes halogenated alkanes) is 2. The highest BCUT2D eigenvalue weighted by Crippen LogP contribution is 2.23. The molecular formula is C17H21NO3. The number of ether oxygens (including phenoxy) is 2. The van der Waals surface area contributed by atoms with Crippen molar-refractivity contribution in [3.63, 3.8) is 0 Å². The summed E-state index contributed by atoms with van der Waals surface area (Å²) in [6.45, 7) is 2.93. The van der Waals surface area contributed by atoms with Gasteiger partial charge in [-0.05, 0) is 35.7 Å². The van der Waals surface area contributed by atoms with Crippen molar-refractivity contribution < 1.29 is 14.3 Å². The Labute approximate surface area is 125 Å². The summed E-state index contributed by atoms with van der Waals surface area (Å²) in [5.41, 5.74) is 2.43. The summed E-state index contributed by atoms with van der Waals surface area (Å²) >= 11 is 0. The predicted molar refractivity (Wildman–Crippen MR) is 82.6 cm³/mol. The van der Waals surface area contributed by atoms with E-state index in [4.69, 9.17) is 4.74 Å². The van der Waals surface area contributed by atoms with Crippen molar-refractivity contribution in [1.29, 1.82) is 0 Å². The van der Waals surface area contributed by atoms with E-state index < -0.39 is 0 Å². The van der Waals surface area contributed by atoms with Crippen LogP contribution in [0, 0.1) is 0 Å². The van der Waals surface area contributed by atoms with Crippen LogP contribution in [0.15, 0.2) is 36.5 Å². The zero-order chi connectivity index (χ0) is 15.1. The molecule has 0 aliphatic carbocycles. The SMILES string of the molecule is CCCCCOc1ccc(-c2c[nH]c(C(=O)OC)c2)cc1. The van der Waals surface area contributed by atoms with Crippen molar-refractivity contribution in [2.24, 2.45) is 0 Å². The van der Waals surface area contributed by atoms with Crippen LogP contribution in [0.5, 0.6) is 5.75 Å². The lowest BCUT2D eigenvalue weighted by Gasteiger charge is -2.06. The fraction of sp³-hybridized carbons (Fsp3) is 0.353. The highest BCUT2D eigenvalue weighted by atomic mass is 16.5. The topological polar surface area (TPSA) is 51.3 Å². The number of carbonyl (C=O) groups is 1. The minimum Gasteiger partial charge on any atom is -0.494 e. The number of hydrogen-bond donors (Lipinski definition) is 1. The highest BCUT2D eigenvalue weighted by molar-refractivity contribution is 5.89. The van der Waals surface area contributed by atoms with Crippen molar-refractivity contribution in [2.75, 3.05) is 13.7 Å². The summed E-state index contributed by atoms with van der Waals surface area (Å²) in [5.74, 6) is 0.510. The lowest BCUT2D eigenvalue weighted by atomic mass is 10.1. The van der Waals surface area contributed by atoms with Crippen LogP contribution in [-0.2, 0) is 4.74 Å². The second kappa shape index (κ2) is 7.53. The van der Waals surface area contributed by atoms with E-state index in [9.17, 15) is 4.79 Å². The van der Waals surface area contributed by atoms with E-state index in [1.807, 2.05) is 24.3 Å². The Bertz CT molecular complexity index is 572. The van der Waals surface area contributed by atoms with Crippen molar-refractivity contribution in [1.82, 2.24) is 4.98 Å². The summed E-state index contributed by atoms with van der Waals surface area (Å²) in [6, 6.07) is 9.65. The summed E-state index contributed by atoms with van der Waals surface area (Å²) in [6.07, 6.45) is 5.26. The standard InChI is InChI=1S/C17H21NO3/c1-3-4-5-10-21-15-8-6-13(7-9-15)14-11-16(18-12-14)17(19)20-2/h6-9,11-12,18H,3-5,10H2,1-2H3. The van der Waals surface area contributed by atoms with Gasteiger partial charge in [0.1, 0.15) is 11.4 Å². The average molecular weight is 287 g/mol. The Balaban J connectivity index is 1.98. The Morgan fingerprint density at radius 2 is 1.90 bits per heavy atom. The smallest absolute Gasteiger partial charge is 0.354 e. The van der Waals surface area contributed by atoms with E-state index in [2.05, 4.69) is 16.6 Å². The summed E-state index contributed by atoms with van der Waals surface area (Å²) in [5, 5.41) is 0. The number of carbonyl (C=O) groups excluding carboxylic acids is 1. The van der Waals surface area contributed by atoms with Gasteiger partial charge in [0, 0.05) is 6.20 Å². The van der Waals surface area contributed by atoms with Crippen molar-refractivity contribution in [3.05, 3.63) is 42.2 Å². The van der Waals surface area contributed by atoms with Gasteiger partial charge in [0.25, 0.3) is 0 Å². The number of benzene rings is 1. The molecule has 0 amide bonds. The van der Waals surface area contributed by atoms with Crippen LogP contribution in [0.4, 0.5) is 0 Å². The number of H-pyrrole nitrogens is 1. The Hall–Kier alpha value is -2.23. The number of aromatic nitrogens is 1. The summed E-state index contributed by atoms with van der Waals surface area (Å²) < 4.78 is 10.4. The van der Waals surface area contributed by atoms with Gasteiger partial charge in [-0.15, -0.1) is 0 Å². The molecule has 2 aromatic rings. The normalized spacial score (nSPS) is 10.4. The predicted octanol–water partition coefficient (Wildman–Crippen LogP) is 4.04. The van der Waals surface area contributed by atoms with Gasteiger partial charge in [-0.25, -0.2) is 4.79 Å². The second-order valence-electron chi connectivity index (χ2n) is 4.87. The van der Waals surface area contributed by atoms with Gasteiger partial charge >= 0.3 is 5.97 Å². The number of methoxy groups -OCH3 is 1. The lowest BCUT2D eigenvalue weighted by Crippen LogP contribution is -2.00. The van der Waals surface area contributed by atoms with Gasteiger partial charge in [0.05, 0.1) is 13.7 Å². The fourth-order valence-corrected chi connectivity index (χ4v) is 2.07. The Morgan fingerprint density at radius 3 is 2.57 bits per heavy atom. The van der Waals surface area contributed by atoms with E-state index >= 15 is 0 Å². The molecule has 0 spiro atoms. The first kappa shape index (κ1) is 15.2. The van der Waals surface area contributed by atoms with Gasteiger partial charge in [0.2, 0.25) is 0 Å². The molecule has 0 unspecified atom stereocenters. The number of esters is 1. The molecular weight excluding hydrogens is 266 g/mol. The van der Waals surface area contributed by atoms with Gasteiger partial charge < -0.3 is 14.5 Å². The highest BCUT2D eigenvalue weighted by Gasteiger charge is 2.09. The minimum absolute atomic E-state index is 0.364. The number of hydrogen-bond acceptors (Lipinski definition) is 3. The van der Waals surface area contributed by atoms with E-state index in [-0.39, 0.29) is 5.97 Å². The van der Waals surface area contributed by atoms with Crippen molar-refractivity contribution >= 4 is 5.97 Å². The van der Waals surface area contributed by atoms with Crippen LogP contribution >= 0.6 is 0 Å². The molecule has 112 valence electrons. The third-order valence-corrected chi connectivity index (χ3v) is 3.29. The van der Waals surface area contributed by atoms with Gasteiger partial charge in [0.15, 0.2) is 0 Å². The molecule has 4 nitrogen and oxygen atoms in total. The first-order valence-corrected chi connectivity index (χ1v) is 7.24. The molecule has 2 rings (SSSR count). The van der Waals surface area contributed by atoms with Crippen LogP contribution in [0.25, 0.3) is 11.1 Å². The Kier molecular flexibility index (Phi) is 5.43. The molecule has 1 aromatic heterocycles. The largest absolute Gasteiger partial charge is 0.494 e. The van der Waals surface area contributed by atoms with Crippen LogP contribution in [0.1, 0.15) is 36.7 Å². The van der Waals surface area contributed by atoms with Gasteiger partial charge in [-0.1, -0.05) is 31.9 Å². The monoisotopic (exact) mass is 287 g/mol. The maximum absolute atomic E-state index is 11.4. The van der Waals surface area contributed by atoms with E-state index in [0.29, 0.717) is 5.69 Å². The molecule has 0 atom stereocenters. The number of nitrogens with one attached hydrogen (secondary N) is 1. The molecule has 1 aromatic carbocycles. The zero-order valence-electron chi connectivity index (χ0n) is 12.5. The first-order chi connectivity index (χ1) is 10.2. The molecule has 0 fully saturated rings. The molecule has 21 heavy (non-hydrogen) atoms. The van der Waals surface area contributed by atoms with Gasteiger partial charge in [-0.3, -0.25) is 0 Å². The molecule has 4 heteroatoms. The third-order valence-electron chi connectivity index (χ3n) is 3.29. The number of rotatable bonds is 7. The Morgan fingerprint density at radius 1 is 1.14 bits per heavy atom. The molecule has 0 aliphatic heterocycles. The van der Waals surface area contributed by atoms with E-state index in [1.54, 1.807) is 12.3 Å². The van der Waals surface area contributed by atoms with Crippen LogP contribution in [0.2, 0.25) is 0 Å². The van der Waals surface area contributed by atoms with Crippen LogP contribution in [-0.4, -0.2) is 24.7 Å². The zero-order valence-corrected chi connectivity index (χ0v) is 12.5. The average Bonchev–Trinajstić information content (AvgIpc) is 3.01.